The second-order valence-corrected chi connectivity index (χ2v) is 5.94. The molecule has 0 aliphatic carbocycles. The Labute approximate surface area is 136 Å². The van der Waals surface area contributed by atoms with E-state index < -0.39 is 5.91 Å². The second kappa shape index (κ2) is 6.17. The minimum Gasteiger partial charge on any atom is -0.365 e. The number of hydrogen-bond donors (Lipinski definition) is 2. The predicted octanol–water partition coefficient (Wildman–Crippen LogP) is 4.31. The first kappa shape index (κ1) is 14.6. The molecule has 4 nitrogen and oxygen atoms in total. The van der Waals surface area contributed by atoms with Gasteiger partial charge in [-0.3, -0.25) is 4.79 Å². The van der Waals surface area contributed by atoms with Crippen molar-refractivity contribution >= 4 is 39.7 Å². The summed E-state index contributed by atoms with van der Waals surface area (Å²) in [5.41, 5.74) is 7.62. The van der Waals surface area contributed by atoms with E-state index in [1.807, 2.05) is 48.5 Å². The predicted molar refractivity (Wildman–Crippen MR) is 90.8 cm³/mol. The average molecular weight is 330 g/mol. The second-order valence-electron chi connectivity index (χ2n) is 4.53. The van der Waals surface area contributed by atoms with Gasteiger partial charge in [0.15, 0.2) is 5.13 Å². The number of halogens is 1. The Kier molecular flexibility index (Phi) is 4.09. The lowest BCUT2D eigenvalue weighted by atomic mass is 10.1. The summed E-state index contributed by atoms with van der Waals surface area (Å²) < 4.78 is 0. The first-order chi connectivity index (χ1) is 10.6. The van der Waals surface area contributed by atoms with Gasteiger partial charge in [0, 0.05) is 5.56 Å². The molecule has 3 aromatic rings. The number of thiazole rings is 1. The molecular formula is C16H12ClN3OS. The molecule has 0 saturated carbocycles. The smallest absolute Gasteiger partial charge is 0.261 e. The fourth-order valence-electron chi connectivity index (χ4n) is 2.01. The third-order valence-electron chi connectivity index (χ3n) is 3.01. The van der Waals surface area contributed by atoms with Crippen molar-refractivity contribution < 1.29 is 4.79 Å². The number of carbonyl (C=O) groups is 1. The highest BCUT2D eigenvalue weighted by molar-refractivity contribution is 7.18. The Balaban J connectivity index is 2.01. The van der Waals surface area contributed by atoms with Crippen molar-refractivity contribution in [1.29, 1.82) is 0 Å². The zero-order valence-electron chi connectivity index (χ0n) is 11.4. The van der Waals surface area contributed by atoms with E-state index in [9.17, 15) is 4.79 Å². The van der Waals surface area contributed by atoms with Crippen LogP contribution in [0.1, 0.15) is 9.67 Å². The van der Waals surface area contributed by atoms with E-state index in [4.69, 9.17) is 17.3 Å². The van der Waals surface area contributed by atoms with Crippen LogP contribution in [0.15, 0.2) is 54.6 Å². The molecule has 0 aliphatic heterocycles. The van der Waals surface area contributed by atoms with Crippen LogP contribution < -0.4 is 11.1 Å². The van der Waals surface area contributed by atoms with Gasteiger partial charge in [0.25, 0.3) is 5.91 Å². The number of rotatable bonds is 4. The van der Waals surface area contributed by atoms with Crippen molar-refractivity contribution in [2.45, 2.75) is 0 Å². The summed E-state index contributed by atoms with van der Waals surface area (Å²) in [4.78, 5) is 16.6. The third kappa shape index (κ3) is 2.95. The van der Waals surface area contributed by atoms with Crippen molar-refractivity contribution in [3.63, 3.8) is 0 Å². The summed E-state index contributed by atoms with van der Waals surface area (Å²) in [5, 5.41) is 4.28. The summed E-state index contributed by atoms with van der Waals surface area (Å²) in [6.07, 6.45) is 0. The monoisotopic (exact) mass is 329 g/mol. The number of nitrogens with zero attached hydrogens (tertiary/aromatic N) is 1. The standard InChI is InChI=1S/C16H12ClN3OS/c17-11-8-4-5-9-12(11)19-16-20-13(14(22-16)15(18)21)10-6-2-1-3-7-10/h1-9H,(H2,18,21)(H,19,20). The van der Waals surface area contributed by atoms with Crippen molar-refractivity contribution in [3.8, 4) is 11.3 Å². The molecule has 3 N–H and O–H groups in total. The van der Waals surface area contributed by atoms with E-state index >= 15 is 0 Å². The number of primary amides is 1. The van der Waals surface area contributed by atoms with Gasteiger partial charge in [0.2, 0.25) is 0 Å². The van der Waals surface area contributed by atoms with Gasteiger partial charge in [-0.2, -0.15) is 0 Å². The molecule has 1 heterocycles. The molecule has 2 aromatic carbocycles. The maximum atomic E-state index is 11.7. The molecule has 0 atom stereocenters. The fourth-order valence-corrected chi connectivity index (χ4v) is 3.05. The maximum absolute atomic E-state index is 11.7. The quantitative estimate of drug-likeness (QED) is 0.749. The lowest BCUT2D eigenvalue weighted by molar-refractivity contribution is 0.100. The van der Waals surface area contributed by atoms with Gasteiger partial charge in [-0.1, -0.05) is 65.4 Å². The topological polar surface area (TPSA) is 68.0 Å². The Hall–Kier alpha value is -2.37. The van der Waals surface area contributed by atoms with Crippen LogP contribution in [-0.4, -0.2) is 10.9 Å². The van der Waals surface area contributed by atoms with Gasteiger partial charge in [-0.05, 0) is 12.1 Å². The Bertz CT molecular complexity index is 817. The number of nitrogens with one attached hydrogen (secondary N) is 1. The van der Waals surface area contributed by atoms with Crippen LogP contribution >= 0.6 is 22.9 Å². The Morgan fingerprint density at radius 2 is 1.77 bits per heavy atom. The maximum Gasteiger partial charge on any atom is 0.261 e. The largest absolute Gasteiger partial charge is 0.365 e. The molecule has 0 spiro atoms. The SMILES string of the molecule is NC(=O)c1sc(Nc2ccccc2Cl)nc1-c1ccccc1. The zero-order valence-corrected chi connectivity index (χ0v) is 13.0. The lowest BCUT2D eigenvalue weighted by Gasteiger charge is -2.03. The van der Waals surface area contributed by atoms with Crippen LogP contribution in [0, 0.1) is 0 Å². The van der Waals surface area contributed by atoms with E-state index in [2.05, 4.69) is 10.3 Å². The molecule has 0 unspecified atom stereocenters. The van der Waals surface area contributed by atoms with Crippen molar-refractivity contribution in [3.05, 3.63) is 64.5 Å². The van der Waals surface area contributed by atoms with Gasteiger partial charge >= 0.3 is 0 Å². The minimum atomic E-state index is -0.497. The zero-order chi connectivity index (χ0) is 15.5. The number of carbonyl (C=O) groups excluding carboxylic acids is 1. The molecule has 0 fully saturated rings. The van der Waals surface area contributed by atoms with E-state index in [0.717, 1.165) is 11.3 Å². The summed E-state index contributed by atoms with van der Waals surface area (Å²) in [6.45, 7) is 0. The van der Waals surface area contributed by atoms with Crippen molar-refractivity contribution in [2.75, 3.05) is 5.32 Å². The third-order valence-corrected chi connectivity index (χ3v) is 4.33. The van der Waals surface area contributed by atoms with Gasteiger partial charge in [0.05, 0.1) is 16.4 Å². The van der Waals surface area contributed by atoms with E-state index in [1.54, 1.807) is 6.07 Å². The lowest BCUT2D eigenvalue weighted by Crippen LogP contribution is -2.10. The van der Waals surface area contributed by atoms with Crippen molar-refractivity contribution in [1.82, 2.24) is 4.98 Å². The summed E-state index contributed by atoms with van der Waals surface area (Å²) in [5.74, 6) is -0.497. The van der Waals surface area contributed by atoms with Gasteiger partial charge < -0.3 is 11.1 Å². The molecule has 110 valence electrons. The van der Waals surface area contributed by atoms with Crippen LogP contribution in [0.5, 0.6) is 0 Å². The molecule has 0 radical (unpaired) electrons. The number of anilines is 2. The highest BCUT2D eigenvalue weighted by Gasteiger charge is 2.17. The molecule has 6 heteroatoms. The van der Waals surface area contributed by atoms with Crippen LogP contribution in [0.2, 0.25) is 5.02 Å². The fraction of sp³-hybridized carbons (Fsp3) is 0. The normalized spacial score (nSPS) is 10.4. The number of aromatic nitrogens is 1. The summed E-state index contributed by atoms with van der Waals surface area (Å²) in [6, 6.07) is 16.8. The van der Waals surface area contributed by atoms with Crippen LogP contribution in [0.4, 0.5) is 10.8 Å². The molecule has 1 aromatic heterocycles. The number of para-hydroxylation sites is 1. The van der Waals surface area contributed by atoms with Gasteiger partial charge in [0.1, 0.15) is 4.88 Å². The number of hydrogen-bond acceptors (Lipinski definition) is 4. The number of amides is 1. The van der Waals surface area contributed by atoms with Gasteiger partial charge in [-0.15, -0.1) is 0 Å². The molecule has 0 bridgehead atoms. The number of nitrogens with two attached hydrogens (primary N) is 1. The van der Waals surface area contributed by atoms with E-state index in [1.165, 1.54) is 11.3 Å². The van der Waals surface area contributed by atoms with Crippen LogP contribution in [-0.2, 0) is 0 Å². The minimum absolute atomic E-state index is 0.417. The molecule has 1 amide bonds. The highest BCUT2D eigenvalue weighted by atomic mass is 35.5. The first-order valence-electron chi connectivity index (χ1n) is 6.53. The Morgan fingerprint density at radius 3 is 2.45 bits per heavy atom. The molecule has 3 rings (SSSR count). The molecular weight excluding hydrogens is 318 g/mol. The summed E-state index contributed by atoms with van der Waals surface area (Å²) >= 11 is 7.33. The van der Waals surface area contributed by atoms with Crippen molar-refractivity contribution in [2.24, 2.45) is 5.73 Å². The van der Waals surface area contributed by atoms with Crippen LogP contribution in [0.25, 0.3) is 11.3 Å². The molecule has 22 heavy (non-hydrogen) atoms. The first-order valence-corrected chi connectivity index (χ1v) is 7.72. The summed E-state index contributed by atoms with van der Waals surface area (Å²) in [7, 11) is 0. The average Bonchev–Trinajstić information content (AvgIpc) is 2.95. The molecule has 0 aliphatic rings. The number of benzene rings is 2. The van der Waals surface area contributed by atoms with Crippen LogP contribution in [0.3, 0.4) is 0 Å². The molecule has 0 saturated heterocycles. The van der Waals surface area contributed by atoms with E-state index in [-0.39, 0.29) is 0 Å². The van der Waals surface area contributed by atoms with Gasteiger partial charge in [-0.25, -0.2) is 4.98 Å². The Morgan fingerprint density at radius 1 is 1.09 bits per heavy atom. The highest BCUT2D eigenvalue weighted by Crippen LogP contribution is 2.33. The van der Waals surface area contributed by atoms with E-state index in [0.29, 0.717) is 20.7 Å².